The molecule has 4 aromatic rings. The van der Waals surface area contributed by atoms with Crippen LogP contribution in [0.1, 0.15) is 94.4 Å². The normalized spacial score (nSPS) is 23.2. The molecule has 0 saturated carbocycles. The number of aliphatic hydroxyl groups excluding tert-OH is 1. The highest BCUT2D eigenvalue weighted by molar-refractivity contribution is 6.74. The molecule has 2 heterocycles. The van der Waals surface area contributed by atoms with Crippen LogP contribution < -0.4 is 14.4 Å². The summed E-state index contributed by atoms with van der Waals surface area (Å²) in [7, 11) is 3.31. The molecule has 3 aromatic carbocycles. The SMILES string of the molecule is C=CCN(CC=C)[C@@H]1c2onc(OCc3ccccc3)c2C(=O)C2(O[Si](C)(C)C(C)(C)C)C(O)=C3C(=O)c4c(OCc5ccccc5)cc5c(c4C[C@H]3C[C@@H]12)N(C)CCC5N(C)C. The molecular weight excluding hydrogens is 809 g/mol. The van der Waals surface area contributed by atoms with Crippen molar-refractivity contribution in [3.05, 3.63) is 143 Å². The lowest BCUT2D eigenvalue weighted by Crippen LogP contribution is -2.65. The van der Waals surface area contributed by atoms with E-state index in [9.17, 15) is 5.11 Å². The second kappa shape index (κ2) is 17.0. The Morgan fingerprint density at radius 2 is 1.59 bits per heavy atom. The summed E-state index contributed by atoms with van der Waals surface area (Å²) in [5, 5.41) is 17.4. The molecule has 1 aliphatic heterocycles. The number of allylic oxidation sites excluding steroid dienone is 1. The third kappa shape index (κ3) is 7.58. The molecular formula is C51H62N4O7Si. The third-order valence-electron chi connectivity index (χ3n) is 14.2. The number of hydrogen-bond acceptors (Lipinski definition) is 11. The van der Waals surface area contributed by atoms with E-state index in [-0.39, 0.29) is 52.9 Å². The Bertz CT molecular complexity index is 2430. The third-order valence-corrected chi connectivity index (χ3v) is 18.6. The zero-order valence-electron chi connectivity index (χ0n) is 38.1. The van der Waals surface area contributed by atoms with Gasteiger partial charge in [-0.1, -0.05) is 93.6 Å². The fourth-order valence-corrected chi connectivity index (χ4v) is 11.6. The lowest BCUT2D eigenvalue weighted by molar-refractivity contribution is -0.0524. The van der Waals surface area contributed by atoms with Gasteiger partial charge in [0.15, 0.2) is 25.5 Å². The standard InChI is InChI=1S/C51H62N4O7Si/c1-11-24-55(25-12-2)44-37-28-34-27-36-41(39(59-30-32-19-15-13-16-20-32)29-35-38(53(6)7)23-26-54(8)43(35)36)45(56)40(34)47(57)51(37,62-63(9,10)50(3,4)5)48(58)42-46(44)61-52-49(42)60-31-33-21-17-14-18-22-33/h11-22,29,34,37-38,44,57H,1-2,23-28,30-31H2,3-10H3/t34-,37-,38?,44-,51?/m0/s1. The molecule has 1 N–H and O–H groups in total. The molecule has 332 valence electrons. The van der Waals surface area contributed by atoms with Crippen LogP contribution in [0.4, 0.5) is 5.69 Å². The lowest BCUT2D eigenvalue weighted by Gasteiger charge is -2.55. The number of hydrogen-bond donors (Lipinski definition) is 1. The Balaban J connectivity index is 1.37. The number of nitrogens with zero attached hydrogens (tertiary/aromatic N) is 4. The predicted molar refractivity (Wildman–Crippen MR) is 248 cm³/mol. The predicted octanol–water partition coefficient (Wildman–Crippen LogP) is 9.83. The summed E-state index contributed by atoms with van der Waals surface area (Å²) in [6.45, 7) is 20.6. The fraction of sp³-hybridized carbons (Fsp3) is 0.431. The first kappa shape index (κ1) is 44.3. The van der Waals surface area contributed by atoms with Crippen molar-refractivity contribution in [3.63, 3.8) is 0 Å². The number of rotatable bonds is 14. The van der Waals surface area contributed by atoms with E-state index in [1.807, 2.05) is 78.9 Å². The van der Waals surface area contributed by atoms with Gasteiger partial charge in [-0.2, -0.15) is 0 Å². The van der Waals surface area contributed by atoms with Crippen LogP contribution in [-0.4, -0.2) is 86.3 Å². The summed E-state index contributed by atoms with van der Waals surface area (Å²) < 4.78 is 26.7. The van der Waals surface area contributed by atoms with E-state index in [2.05, 4.69) is 88.0 Å². The number of Topliss-reactive ketones (excluding diaryl/α,β-unsaturated/α-hetero) is 2. The highest BCUT2D eigenvalue weighted by Gasteiger charge is 2.67. The highest BCUT2D eigenvalue weighted by Crippen LogP contribution is 2.61. The van der Waals surface area contributed by atoms with Crippen molar-refractivity contribution >= 4 is 25.6 Å². The number of carbonyl (C=O) groups excluding carboxylic acids is 2. The number of benzene rings is 3. The van der Waals surface area contributed by atoms with E-state index >= 15 is 9.59 Å². The molecule has 0 saturated heterocycles. The first-order valence-corrected chi connectivity index (χ1v) is 25.0. The molecule has 2 unspecified atom stereocenters. The van der Waals surface area contributed by atoms with Crippen LogP contribution in [0.2, 0.25) is 18.1 Å². The first-order chi connectivity index (χ1) is 30.0. The van der Waals surface area contributed by atoms with Crippen LogP contribution in [-0.2, 0) is 24.1 Å². The second-order valence-electron chi connectivity index (χ2n) is 19.4. The quantitative estimate of drug-likeness (QED) is 0.0964. The van der Waals surface area contributed by atoms with Gasteiger partial charge in [-0.05, 0) is 90.9 Å². The second-order valence-corrected chi connectivity index (χ2v) is 24.1. The largest absolute Gasteiger partial charge is 0.508 e. The van der Waals surface area contributed by atoms with Gasteiger partial charge >= 0.3 is 0 Å². The summed E-state index contributed by atoms with van der Waals surface area (Å²) >= 11 is 0. The maximum Gasteiger partial charge on any atom is 0.265 e. The fourth-order valence-electron chi connectivity index (χ4n) is 10.2. The van der Waals surface area contributed by atoms with Gasteiger partial charge in [0.05, 0.1) is 11.6 Å². The van der Waals surface area contributed by atoms with Gasteiger partial charge in [-0.15, -0.1) is 13.2 Å². The van der Waals surface area contributed by atoms with E-state index in [1.165, 1.54) is 0 Å². The van der Waals surface area contributed by atoms with E-state index in [4.69, 9.17) is 18.4 Å². The number of ketones is 2. The average Bonchev–Trinajstić information content (AvgIpc) is 3.67. The monoisotopic (exact) mass is 870 g/mol. The molecule has 0 fully saturated rings. The van der Waals surface area contributed by atoms with E-state index < -0.39 is 37.6 Å². The molecule has 0 spiro atoms. The van der Waals surface area contributed by atoms with E-state index in [0.29, 0.717) is 43.0 Å². The van der Waals surface area contributed by atoms with E-state index in [0.717, 1.165) is 40.9 Å². The molecule has 3 aliphatic carbocycles. The van der Waals surface area contributed by atoms with Crippen molar-refractivity contribution in [3.8, 4) is 11.6 Å². The number of carbonyl (C=O) groups is 2. The van der Waals surface area contributed by atoms with Gasteiger partial charge < -0.3 is 33.3 Å². The maximum absolute atomic E-state index is 16.0. The zero-order valence-corrected chi connectivity index (χ0v) is 39.1. The number of aromatic nitrogens is 1. The summed E-state index contributed by atoms with van der Waals surface area (Å²) in [4.78, 5) is 38.3. The number of ether oxygens (including phenoxy) is 2. The number of aliphatic hydroxyl groups is 1. The van der Waals surface area contributed by atoms with Gasteiger partial charge in [0.2, 0.25) is 5.78 Å². The van der Waals surface area contributed by atoms with Gasteiger partial charge in [0, 0.05) is 49.9 Å². The van der Waals surface area contributed by atoms with Crippen LogP contribution in [0, 0.1) is 11.8 Å². The Morgan fingerprint density at radius 3 is 2.17 bits per heavy atom. The molecule has 11 nitrogen and oxygen atoms in total. The molecule has 63 heavy (non-hydrogen) atoms. The first-order valence-electron chi connectivity index (χ1n) is 22.1. The van der Waals surface area contributed by atoms with Crippen molar-refractivity contribution in [2.75, 3.05) is 45.7 Å². The molecule has 1 aromatic heterocycles. The van der Waals surface area contributed by atoms with Crippen molar-refractivity contribution in [2.24, 2.45) is 11.8 Å². The maximum atomic E-state index is 16.0. The van der Waals surface area contributed by atoms with Crippen LogP contribution in [0.25, 0.3) is 0 Å². The minimum Gasteiger partial charge on any atom is -0.508 e. The van der Waals surface area contributed by atoms with E-state index in [1.54, 1.807) is 0 Å². The summed E-state index contributed by atoms with van der Waals surface area (Å²) in [6, 6.07) is 21.0. The van der Waals surface area contributed by atoms with Crippen molar-refractivity contribution < 1.29 is 33.1 Å². The summed E-state index contributed by atoms with van der Waals surface area (Å²) in [5.74, 6) is -1.56. The number of anilines is 1. The lowest BCUT2D eigenvalue weighted by atomic mass is 9.58. The smallest absolute Gasteiger partial charge is 0.265 e. The van der Waals surface area contributed by atoms with Gasteiger partial charge in [-0.3, -0.25) is 14.5 Å². The Kier molecular flexibility index (Phi) is 12.0. The zero-order chi connectivity index (χ0) is 45.0. The molecule has 0 bridgehead atoms. The molecule has 8 rings (SSSR count). The van der Waals surface area contributed by atoms with Crippen LogP contribution in [0.3, 0.4) is 0 Å². The van der Waals surface area contributed by atoms with Gasteiger partial charge in [-0.25, -0.2) is 0 Å². The van der Waals surface area contributed by atoms with Crippen molar-refractivity contribution in [1.29, 1.82) is 0 Å². The van der Waals surface area contributed by atoms with Gasteiger partial charge in [0.25, 0.3) is 5.88 Å². The minimum atomic E-state index is -2.96. The average molecular weight is 871 g/mol. The Labute approximate surface area is 373 Å². The minimum absolute atomic E-state index is 0.0135. The van der Waals surface area contributed by atoms with Crippen molar-refractivity contribution in [2.45, 2.75) is 89.1 Å². The highest BCUT2D eigenvalue weighted by atomic mass is 28.4. The Hall–Kier alpha value is -5.27. The van der Waals surface area contributed by atoms with Crippen LogP contribution in [0.15, 0.2) is 108 Å². The number of fused-ring (bicyclic) bond motifs is 6. The topological polar surface area (TPSA) is 118 Å². The molecule has 4 aliphatic rings. The molecule has 5 atom stereocenters. The van der Waals surface area contributed by atoms with Gasteiger partial charge in [0.1, 0.15) is 30.3 Å². The van der Waals surface area contributed by atoms with Crippen LogP contribution in [0.5, 0.6) is 11.6 Å². The Morgan fingerprint density at radius 1 is 0.968 bits per heavy atom. The molecule has 12 heteroatoms. The molecule has 0 amide bonds. The van der Waals surface area contributed by atoms with Crippen molar-refractivity contribution in [1.82, 2.24) is 15.0 Å². The van der Waals surface area contributed by atoms with Crippen LogP contribution >= 0.6 is 0 Å². The summed E-state index contributed by atoms with van der Waals surface area (Å²) in [5.41, 5.74) is 3.62. The molecule has 0 radical (unpaired) electrons. The summed E-state index contributed by atoms with van der Waals surface area (Å²) in [6.07, 6.45) is 5.31.